The van der Waals surface area contributed by atoms with Crippen LogP contribution in [0.1, 0.15) is 41.8 Å². The minimum Gasteiger partial charge on any atom is -0.496 e. The Balaban J connectivity index is 2.91. The van der Waals surface area contributed by atoms with Crippen molar-refractivity contribution in [2.45, 2.75) is 39.4 Å². The number of ketones is 1. The summed E-state index contributed by atoms with van der Waals surface area (Å²) >= 11 is 1.71. The molecule has 0 heterocycles. The van der Waals surface area contributed by atoms with Crippen molar-refractivity contribution in [1.82, 2.24) is 0 Å². The fraction of sp³-hybridized carbons (Fsp3) is 0.533. The van der Waals surface area contributed by atoms with Gasteiger partial charge in [0.1, 0.15) is 5.75 Å². The van der Waals surface area contributed by atoms with Gasteiger partial charge in [0, 0.05) is 5.25 Å². The number of benzene rings is 1. The van der Waals surface area contributed by atoms with E-state index in [2.05, 4.69) is 13.8 Å². The first-order valence-electron chi connectivity index (χ1n) is 6.29. The van der Waals surface area contributed by atoms with Crippen LogP contribution in [0.5, 0.6) is 5.75 Å². The Kier molecular flexibility index (Phi) is 5.73. The molecule has 1 aromatic rings. The maximum atomic E-state index is 12.3. The highest BCUT2D eigenvalue weighted by atomic mass is 32.2. The van der Waals surface area contributed by atoms with Gasteiger partial charge in [-0.05, 0) is 37.5 Å². The summed E-state index contributed by atoms with van der Waals surface area (Å²) in [5, 5.41) is 0.519. The van der Waals surface area contributed by atoms with Crippen molar-refractivity contribution < 1.29 is 9.53 Å². The average Bonchev–Trinajstić information content (AvgIpc) is 2.34. The second-order valence-corrected chi connectivity index (χ2v) is 6.04. The number of carbonyl (C=O) groups excluding carboxylic acids is 1. The van der Waals surface area contributed by atoms with Gasteiger partial charge >= 0.3 is 0 Å². The first kappa shape index (κ1) is 15.1. The predicted octanol–water partition coefficient (Wildman–Crippen LogP) is 4.03. The molecule has 2 nitrogen and oxygen atoms in total. The van der Waals surface area contributed by atoms with Gasteiger partial charge in [-0.3, -0.25) is 4.79 Å². The van der Waals surface area contributed by atoms with Gasteiger partial charge in [-0.1, -0.05) is 19.9 Å². The van der Waals surface area contributed by atoms with E-state index < -0.39 is 0 Å². The zero-order valence-corrected chi connectivity index (χ0v) is 12.7. The molecule has 0 bridgehead atoms. The first-order chi connectivity index (χ1) is 8.49. The molecule has 100 valence electrons. The second-order valence-electron chi connectivity index (χ2n) is 4.61. The molecule has 3 heteroatoms. The highest BCUT2D eigenvalue weighted by Gasteiger charge is 2.16. The number of Topliss-reactive ketones (excluding diaryl/α,β-unsaturated/α-hetero) is 1. The van der Waals surface area contributed by atoms with Gasteiger partial charge in [-0.15, -0.1) is 0 Å². The number of aryl methyl sites for hydroxylation is 2. The summed E-state index contributed by atoms with van der Waals surface area (Å²) < 4.78 is 5.33. The molecule has 1 unspecified atom stereocenters. The molecule has 18 heavy (non-hydrogen) atoms. The number of thioether (sulfide) groups is 1. The first-order valence-corrected chi connectivity index (χ1v) is 7.34. The van der Waals surface area contributed by atoms with Crippen LogP contribution in [0.2, 0.25) is 0 Å². The summed E-state index contributed by atoms with van der Waals surface area (Å²) in [6, 6.07) is 3.96. The highest BCUT2D eigenvalue weighted by Crippen LogP contribution is 2.26. The van der Waals surface area contributed by atoms with Crippen LogP contribution >= 0.6 is 11.8 Å². The lowest BCUT2D eigenvalue weighted by Gasteiger charge is -2.13. The molecule has 0 aromatic heterocycles. The van der Waals surface area contributed by atoms with Crippen LogP contribution in [0.15, 0.2) is 12.1 Å². The van der Waals surface area contributed by atoms with Gasteiger partial charge in [-0.25, -0.2) is 0 Å². The summed E-state index contributed by atoms with van der Waals surface area (Å²) in [5.41, 5.74) is 2.86. The Hall–Kier alpha value is -0.960. The van der Waals surface area contributed by atoms with Crippen LogP contribution in [0.3, 0.4) is 0 Å². The monoisotopic (exact) mass is 266 g/mol. The zero-order valence-electron chi connectivity index (χ0n) is 11.9. The van der Waals surface area contributed by atoms with Crippen LogP contribution in [0, 0.1) is 13.8 Å². The number of hydrogen-bond acceptors (Lipinski definition) is 3. The predicted molar refractivity (Wildman–Crippen MR) is 79.0 cm³/mol. The second kappa shape index (κ2) is 6.83. The van der Waals surface area contributed by atoms with Crippen molar-refractivity contribution in [3.05, 3.63) is 28.8 Å². The number of ether oxygens (including phenoxy) is 1. The minimum atomic E-state index is 0.162. The lowest BCUT2D eigenvalue weighted by atomic mass is 10.0. The van der Waals surface area contributed by atoms with Gasteiger partial charge in [0.2, 0.25) is 0 Å². The maximum absolute atomic E-state index is 12.3. The third kappa shape index (κ3) is 3.77. The van der Waals surface area contributed by atoms with Crippen LogP contribution in [-0.4, -0.2) is 23.9 Å². The van der Waals surface area contributed by atoms with E-state index in [1.54, 1.807) is 18.9 Å². The molecule has 1 atom stereocenters. The van der Waals surface area contributed by atoms with Crippen molar-refractivity contribution in [2.75, 3.05) is 12.9 Å². The van der Waals surface area contributed by atoms with Gasteiger partial charge in [0.25, 0.3) is 0 Å². The molecule has 0 amide bonds. The molecule has 0 saturated heterocycles. The molecular weight excluding hydrogens is 244 g/mol. The summed E-state index contributed by atoms with van der Waals surface area (Å²) in [7, 11) is 1.62. The standard InChI is InChI=1S/C15H22O2S/c1-6-12(4)18-9-13(16)15-11(3)7-10(2)8-14(15)17-5/h7-8,12H,6,9H2,1-5H3. The van der Waals surface area contributed by atoms with Crippen LogP contribution in [-0.2, 0) is 0 Å². The molecule has 0 aliphatic rings. The van der Waals surface area contributed by atoms with Crippen molar-refractivity contribution in [3.63, 3.8) is 0 Å². The fourth-order valence-corrected chi connectivity index (χ4v) is 2.67. The largest absolute Gasteiger partial charge is 0.496 e. The quantitative estimate of drug-likeness (QED) is 0.727. The van der Waals surface area contributed by atoms with E-state index >= 15 is 0 Å². The van der Waals surface area contributed by atoms with E-state index in [4.69, 9.17) is 4.74 Å². The molecule has 0 fully saturated rings. The molecular formula is C15H22O2S. The number of methoxy groups -OCH3 is 1. The summed E-state index contributed by atoms with van der Waals surface area (Å²) in [4.78, 5) is 12.3. The highest BCUT2D eigenvalue weighted by molar-refractivity contribution is 8.00. The Labute approximate surface area is 114 Å². The molecule has 1 rings (SSSR count). The van der Waals surface area contributed by atoms with Crippen molar-refractivity contribution >= 4 is 17.5 Å². The van der Waals surface area contributed by atoms with Crippen molar-refractivity contribution in [3.8, 4) is 5.75 Å². The maximum Gasteiger partial charge on any atom is 0.176 e. The summed E-state index contributed by atoms with van der Waals surface area (Å²) in [6.45, 7) is 8.27. The van der Waals surface area contributed by atoms with E-state index in [0.29, 0.717) is 16.8 Å². The Morgan fingerprint density at radius 2 is 2.06 bits per heavy atom. The van der Waals surface area contributed by atoms with E-state index in [0.717, 1.165) is 23.1 Å². The Bertz CT molecular complexity index is 427. The van der Waals surface area contributed by atoms with E-state index in [9.17, 15) is 4.79 Å². The molecule has 0 spiro atoms. The third-order valence-electron chi connectivity index (χ3n) is 3.02. The van der Waals surface area contributed by atoms with Gasteiger partial charge in [-0.2, -0.15) is 11.8 Å². The summed E-state index contributed by atoms with van der Waals surface area (Å²) in [5.74, 6) is 1.38. The minimum absolute atomic E-state index is 0.162. The zero-order chi connectivity index (χ0) is 13.7. The molecule has 0 N–H and O–H groups in total. The van der Waals surface area contributed by atoms with Gasteiger partial charge in [0.05, 0.1) is 18.4 Å². The average molecular weight is 266 g/mol. The molecule has 1 aromatic carbocycles. The van der Waals surface area contributed by atoms with Crippen molar-refractivity contribution in [2.24, 2.45) is 0 Å². The Morgan fingerprint density at radius 3 is 2.61 bits per heavy atom. The lowest BCUT2D eigenvalue weighted by Crippen LogP contribution is -2.10. The molecule has 0 saturated carbocycles. The van der Waals surface area contributed by atoms with E-state index in [1.165, 1.54) is 0 Å². The van der Waals surface area contributed by atoms with Crippen LogP contribution in [0.4, 0.5) is 0 Å². The fourth-order valence-electron chi connectivity index (χ4n) is 1.85. The van der Waals surface area contributed by atoms with E-state index in [1.807, 2.05) is 26.0 Å². The molecule has 0 aliphatic carbocycles. The smallest absolute Gasteiger partial charge is 0.176 e. The lowest BCUT2D eigenvalue weighted by molar-refractivity contribution is 0.101. The Morgan fingerprint density at radius 1 is 1.39 bits per heavy atom. The number of carbonyl (C=O) groups is 1. The number of hydrogen-bond donors (Lipinski definition) is 0. The molecule has 0 radical (unpaired) electrons. The summed E-state index contributed by atoms with van der Waals surface area (Å²) in [6.07, 6.45) is 1.09. The van der Waals surface area contributed by atoms with Gasteiger partial charge in [0.15, 0.2) is 5.78 Å². The van der Waals surface area contributed by atoms with Crippen LogP contribution < -0.4 is 4.74 Å². The molecule has 0 aliphatic heterocycles. The normalized spacial score (nSPS) is 12.3. The SMILES string of the molecule is CCC(C)SCC(=O)c1c(C)cc(C)cc1OC. The van der Waals surface area contributed by atoms with E-state index in [-0.39, 0.29) is 5.78 Å². The third-order valence-corrected chi connectivity index (χ3v) is 4.35. The van der Waals surface area contributed by atoms with Crippen LogP contribution in [0.25, 0.3) is 0 Å². The van der Waals surface area contributed by atoms with Gasteiger partial charge < -0.3 is 4.74 Å². The number of rotatable bonds is 6. The van der Waals surface area contributed by atoms with Crippen molar-refractivity contribution in [1.29, 1.82) is 0 Å². The topological polar surface area (TPSA) is 26.3 Å².